The number of nitrogens with one attached hydrogen (secondary N) is 2. The molecule has 0 bridgehead atoms. The van der Waals surface area contributed by atoms with Crippen LogP contribution in [0.4, 0.5) is 8.78 Å². The fourth-order valence-electron chi connectivity index (χ4n) is 4.19. The van der Waals surface area contributed by atoms with Crippen LogP contribution in [-0.2, 0) is 11.2 Å². The molecule has 1 heterocycles. The van der Waals surface area contributed by atoms with Crippen LogP contribution in [0.25, 0.3) is 0 Å². The molecule has 144 valence electrons. The molecule has 1 aliphatic carbocycles. The quantitative estimate of drug-likeness (QED) is 0.805. The smallest absolute Gasteiger partial charge is 0.387 e. The van der Waals surface area contributed by atoms with Crippen LogP contribution in [-0.4, -0.2) is 25.6 Å². The van der Waals surface area contributed by atoms with Gasteiger partial charge in [-0.3, -0.25) is 4.79 Å². The molecule has 0 aromatic heterocycles. The van der Waals surface area contributed by atoms with Gasteiger partial charge in [-0.05, 0) is 80.3 Å². The van der Waals surface area contributed by atoms with Crippen molar-refractivity contribution in [3.63, 3.8) is 0 Å². The minimum absolute atomic E-state index is 0.0384. The zero-order valence-electron chi connectivity index (χ0n) is 15.3. The van der Waals surface area contributed by atoms with Gasteiger partial charge < -0.3 is 15.4 Å². The number of alkyl halides is 2. The average molecular weight is 366 g/mol. The predicted octanol–water partition coefficient (Wildman–Crippen LogP) is 3.81. The van der Waals surface area contributed by atoms with E-state index in [1.54, 1.807) is 12.1 Å². The van der Waals surface area contributed by atoms with Gasteiger partial charge in [0.05, 0.1) is 6.04 Å². The highest BCUT2D eigenvalue weighted by molar-refractivity contribution is 5.76. The van der Waals surface area contributed by atoms with E-state index in [4.69, 9.17) is 0 Å². The van der Waals surface area contributed by atoms with Gasteiger partial charge >= 0.3 is 6.61 Å². The first kappa shape index (κ1) is 19.1. The second kappa shape index (κ2) is 8.80. The first-order valence-corrected chi connectivity index (χ1v) is 9.60. The standard InChI is InChI=1S/C20H28F2N2O2/c1-13(15-5-3-9-23-12-15)10-19(25)24-18-6-2-4-14-11-16(26-20(21)22)7-8-17(14)18/h7-8,11,13,15,18,20,23H,2-6,9-10,12H2,1H3,(H,24,25). The van der Waals surface area contributed by atoms with Crippen molar-refractivity contribution in [2.75, 3.05) is 13.1 Å². The number of hydrogen-bond acceptors (Lipinski definition) is 3. The monoisotopic (exact) mass is 366 g/mol. The van der Waals surface area contributed by atoms with Crippen LogP contribution in [0.1, 0.15) is 56.2 Å². The molecule has 1 saturated heterocycles. The van der Waals surface area contributed by atoms with Gasteiger partial charge in [-0.15, -0.1) is 0 Å². The molecule has 6 heteroatoms. The minimum Gasteiger partial charge on any atom is -0.435 e. The second-order valence-electron chi connectivity index (χ2n) is 7.54. The third kappa shape index (κ3) is 4.93. The molecular formula is C20H28F2N2O2. The van der Waals surface area contributed by atoms with Crippen molar-refractivity contribution in [1.29, 1.82) is 0 Å². The SMILES string of the molecule is CC(CC(=O)NC1CCCc2cc(OC(F)F)ccc21)C1CCCNC1. The molecule has 2 aliphatic rings. The Kier molecular flexibility index (Phi) is 6.46. The Bertz CT molecular complexity index is 618. The lowest BCUT2D eigenvalue weighted by Crippen LogP contribution is -2.37. The number of carbonyl (C=O) groups is 1. The number of piperidine rings is 1. The van der Waals surface area contributed by atoms with Crippen LogP contribution >= 0.6 is 0 Å². The lowest BCUT2D eigenvalue weighted by Gasteiger charge is -2.30. The second-order valence-corrected chi connectivity index (χ2v) is 7.54. The van der Waals surface area contributed by atoms with Crippen molar-refractivity contribution in [2.24, 2.45) is 11.8 Å². The van der Waals surface area contributed by atoms with Crippen molar-refractivity contribution in [1.82, 2.24) is 10.6 Å². The summed E-state index contributed by atoms with van der Waals surface area (Å²) in [5, 5.41) is 6.56. The van der Waals surface area contributed by atoms with Crippen LogP contribution in [0.2, 0.25) is 0 Å². The molecule has 1 amide bonds. The highest BCUT2D eigenvalue weighted by Crippen LogP contribution is 2.33. The largest absolute Gasteiger partial charge is 0.435 e. The fraction of sp³-hybridized carbons (Fsp3) is 0.650. The topological polar surface area (TPSA) is 50.4 Å². The lowest BCUT2D eigenvalue weighted by atomic mass is 9.84. The summed E-state index contributed by atoms with van der Waals surface area (Å²) in [6, 6.07) is 5.01. The van der Waals surface area contributed by atoms with E-state index in [1.807, 2.05) is 6.07 Å². The zero-order chi connectivity index (χ0) is 18.5. The molecule has 0 saturated carbocycles. The Morgan fingerprint density at radius 3 is 2.92 bits per heavy atom. The number of carbonyl (C=O) groups excluding carboxylic acids is 1. The summed E-state index contributed by atoms with van der Waals surface area (Å²) >= 11 is 0. The summed E-state index contributed by atoms with van der Waals surface area (Å²) in [5.41, 5.74) is 2.02. The van der Waals surface area contributed by atoms with Gasteiger partial charge in [0.2, 0.25) is 5.91 Å². The normalized spacial score (nSPS) is 24.0. The van der Waals surface area contributed by atoms with Crippen molar-refractivity contribution in [3.05, 3.63) is 29.3 Å². The summed E-state index contributed by atoms with van der Waals surface area (Å²) < 4.78 is 29.3. The number of fused-ring (bicyclic) bond motifs is 1. The number of ether oxygens (including phenoxy) is 1. The molecule has 3 atom stereocenters. The van der Waals surface area contributed by atoms with Gasteiger partial charge in [-0.25, -0.2) is 0 Å². The van der Waals surface area contributed by atoms with E-state index < -0.39 is 6.61 Å². The van der Waals surface area contributed by atoms with Crippen LogP contribution in [0, 0.1) is 11.8 Å². The summed E-state index contributed by atoms with van der Waals surface area (Å²) in [6.45, 7) is 1.40. The number of benzene rings is 1. The first-order valence-electron chi connectivity index (χ1n) is 9.60. The average Bonchev–Trinajstić information content (AvgIpc) is 2.62. The van der Waals surface area contributed by atoms with Crippen LogP contribution in [0.5, 0.6) is 5.75 Å². The number of halogens is 2. The molecule has 3 rings (SSSR count). The van der Waals surface area contributed by atoms with Crippen molar-refractivity contribution >= 4 is 5.91 Å². The maximum Gasteiger partial charge on any atom is 0.387 e. The Morgan fingerprint density at radius 2 is 2.19 bits per heavy atom. The first-order chi connectivity index (χ1) is 12.5. The molecule has 0 spiro atoms. The number of rotatable bonds is 6. The molecule has 4 nitrogen and oxygen atoms in total. The van der Waals surface area contributed by atoms with E-state index in [0.29, 0.717) is 18.3 Å². The van der Waals surface area contributed by atoms with Crippen LogP contribution in [0.15, 0.2) is 18.2 Å². The van der Waals surface area contributed by atoms with Gasteiger partial charge in [-0.2, -0.15) is 8.78 Å². The number of hydrogen-bond donors (Lipinski definition) is 2. The van der Waals surface area contributed by atoms with Crippen molar-refractivity contribution < 1.29 is 18.3 Å². The van der Waals surface area contributed by atoms with Crippen molar-refractivity contribution in [2.45, 2.75) is 58.1 Å². The van der Waals surface area contributed by atoms with Gasteiger partial charge in [0.25, 0.3) is 0 Å². The van der Waals surface area contributed by atoms with Crippen LogP contribution < -0.4 is 15.4 Å². The highest BCUT2D eigenvalue weighted by Gasteiger charge is 2.26. The molecule has 1 aliphatic heterocycles. The summed E-state index contributed by atoms with van der Waals surface area (Å²) in [7, 11) is 0. The Balaban J connectivity index is 1.59. The van der Waals surface area contributed by atoms with E-state index in [1.165, 1.54) is 12.8 Å². The summed E-state index contributed by atoms with van der Waals surface area (Å²) in [6.07, 6.45) is 5.53. The van der Waals surface area contributed by atoms with E-state index in [-0.39, 0.29) is 17.7 Å². The molecule has 1 fully saturated rings. The zero-order valence-corrected chi connectivity index (χ0v) is 15.3. The maximum absolute atomic E-state index is 12.5. The molecule has 0 radical (unpaired) electrons. The van der Waals surface area contributed by atoms with Gasteiger partial charge in [-0.1, -0.05) is 13.0 Å². The van der Waals surface area contributed by atoms with Gasteiger partial charge in [0, 0.05) is 6.42 Å². The fourth-order valence-corrected chi connectivity index (χ4v) is 4.19. The van der Waals surface area contributed by atoms with Crippen molar-refractivity contribution in [3.8, 4) is 5.75 Å². The molecule has 1 aromatic rings. The number of aryl methyl sites for hydroxylation is 1. The lowest BCUT2D eigenvalue weighted by molar-refractivity contribution is -0.123. The Morgan fingerprint density at radius 1 is 1.35 bits per heavy atom. The van der Waals surface area contributed by atoms with E-state index >= 15 is 0 Å². The molecule has 26 heavy (non-hydrogen) atoms. The molecule has 2 N–H and O–H groups in total. The van der Waals surface area contributed by atoms with Gasteiger partial charge in [0.1, 0.15) is 5.75 Å². The molecule has 1 aromatic carbocycles. The molecule has 3 unspecified atom stereocenters. The minimum atomic E-state index is -2.82. The highest BCUT2D eigenvalue weighted by atomic mass is 19.3. The Hall–Kier alpha value is -1.69. The summed E-state index contributed by atoms with van der Waals surface area (Å²) in [4.78, 5) is 12.5. The summed E-state index contributed by atoms with van der Waals surface area (Å²) in [5.74, 6) is 1.17. The van der Waals surface area contributed by atoms with E-state index in [9.17, 15) is 13.6 Å². The molecular weight excluding hydrogens is 338 g/mol. The van der Waals surface area contributed by atoms with E-state index in [0.717, 1.165) is 43.5 Å². The third-order valence-corrected chi connectivity index (χ3v) is 5.64. The maximum atomic E-state index is 12.5. The van der Waals surface area contributed by atoms with E-state index in [2.05, 4.69) is 22.3 Å². The van der Waals surface area contributed by atoms with Crippen LogP contribution in [0.3, 0.4) is 0 Å². The predicted molar refractivity (Wildman–Crippen MR) is 96.3 cm³/mol. The Labute approximate surface area is 153 Å². The van der Waals surface area contributed by atoms with Gasteiger partial charge in [0.15, 0.2) is 0 Å². The third-order valence-electron chi connectivity index (χ3n) is 5.64. The number of amides is 1.